The number of amides is 1. The minimum Gasteiger partial charge on any atom is -0.394 e. The summed E-state index contributed by atoms with van der Waals surface area (Å²) in [6.45, 7) is -0.498. The molecule has 2 aromatic heterocycles. The zero-order valence-corrected chi connectivity index (χ0v) is 18.3. The number of benzene rings is 1. The van der Waals surface area contributed by atoms with Crippen LogP contribution in [0.2, 0.25) is 0 Å². The normalized spacial score (nSPS) is 19.5. The van der Waals surface area contributed by atoms with Crippen LogP contribution in [0.4, 0.5) is 20.3 Å². The van der Waals surface area contributed by atoms with Crippen molar-refractivity contribution in [3.05, 3.63) is 66.2 Å². The van der Waals surface area contributed by atoms with Gasteiger partial charge in [0.15, 0.2) is 0 Å². The number of anilines is 2. The van der Waals surface area contributed by atoms with Gasteiger partial charge in [0.05, 0.1) is 30.6 Å². The van der Waals surface area contributed by atoms with Crippen LogP contribution in [0.1, 0.15) is 18.5 Å². The lowest BCUT2D eigenvalue weighted by atomic mass is 9.65. The van der Waals surface area contributed by atoms with Crippen LogP contribution < -0.4 is 10.2 Å². The summed E-state index contributed by atoms with van der Waals surface area (Å²) in [7, 11) is 0. The van der Waals surface area contributed by atoms with E-state index in [1.165, 1.54) is 23.2 Å². The fourth-order valence-electron chi connectivity index (χ4n) is 4.24. The number of halogens is 2. The van der Waals surface area contributed by atoms with E-state index in [1.807, 2.05) is 0 Å². The monoisotopic (exact) mass is 469 g/mol. The molecular weight excluding hydrogens is 444 g/mol. The molecule has 1 saturated carbocycles. The van der Waals surface area contributed by atoms with Gasteiger partial charge in [0.2, 0.25) is 6.41 Å². The molecule has 10 heteroatoms. The van der Waals surface area contributed by atoms with Gasteiger partial charge in [-0.2, -0.15) is 0 Å². The van der Waals surface area contributed by atoms with Crippen LogP contribution >= 0.6 is 0 Å². The maximum Gasteiger partial charge on any atom is 0.214 e. The van der Waals surface area contributed by atoms with Crippen molar-refractivity contribution in [2.45, 2.75) is 30.5 Å². The van der Waals surface area contributed by atoms with Crippen molar-refractivity contribution >= 4 is 17.9 Å². The highest BCUT2D eigenvalue weighted by Gasteiger charge is 2.48. The fraction of sp³-hybridized carbons (Fsp3) is 0.333. The summed E-state index contributed by atoms with van der Waals surface area (Å²) in [6.07, 6.45) is 1.43. The van der Waals surface area contributed by atoms with Crippen LogP contribution in [0.25, 0.3) is 11.3 Å². The van der Waals surface area contributed by atoms with Crippen LogP contribution in [0, 0.1) is 5.82 Å². The molecule has 1 amide bonds. The second kappa shape index (κ2) is 10.2. The number of rotatable bonds is 10. The molecule has 0 spiro atoms. The molecule has 4 rings (SSSR count). The molecule has 1 aromatic carbocycles. The lowest BCUT2D eigenvalue weighted by Gasteiger charge is -2.44. The van der Waals surface area contributed by atoms with E-state index >= 15 is 0 Å². The molecule has 0 atom stereocenters. The van der Waals surface area contributed by atoms with E-state index in [0.717, 1.165) is 0 Å². The number of carbonyl (C=O) groups is 1. The maximum absolute atomic E-state index is 14.3. The summed E-state index contributed by atoms with van der Waals surface area (Å²) in [5.74, 6) is -0.000382. The number of hydrogen-bond donors (Lipinski definition) is 3. The number of aromatic nitrogens is 3. The number of pyridine rings is 1. The Hall–Kier alpha value is -3.50. The van der Waals surface area contributed by atoms with Gasteiger partial charge in [0.25, 0.3) is 0 Å². The molecule has 0 bridgehead atoms. The number of carbonyl (C=O) groups excluding carboxylic acids is 1. The van der Waals surface area contributed by atoms with Crippen LogP contribution in [0.15, 0.2) is 54.7 Å². The number of nitrogens with zero attached hydrogens (tertiary/aromatic N) is 4. The standard InChI is InChI=1S/C24H25F2N5O3/c25-17-10-24(11-17,23-20(26)5-2-8-27-23)14-28-22-7-6-21(29-30-22)16-3-1-4-18(9-16)31(15-34)19(12-32)13-33/h1-9,15,17,19,32-33H,10-14H2,(H,28,30). The van der Waals surface area contributed by atoms with Crippen molar-refractivity contribution < 1.29 is 23.8 Å². The van der Waals surface area contributed by atoms with E-state index in [2.05, 4.69) is 20.5 Å². The summed E-state index contributed by atoms with van der Waals surface area (Å²) < 4.78 is 28.1. The number of aliphatic hydroxyl groups excluding tert-OH is 2. The summed E-state index contributed by atoms with van der Waals surface area (Å²) in [4.78, 5) is 16.9. The number of nitrogens with one attached hydrogen (secondary N) is 1. The molecule has 1 aliphatic carbocycles. The quantitative estimate of drug-likeness (QED) is 0.391. The molecule has 1 aliphatic rings. The Bertz CT molecular complexity index is 1120. The van der Waals surface area contributed by atoms with E-state index in [-0.39, 0.29) is 38.3 Å². The van der Waals surface area contributed by atoms with Gasteiger partial charge in [-0.25, -0.2) is 8.78 Å². The Morgan fingerprint density at radius 3 is 2.56 bits per heavy atom. The van der Waals surface area contributed by atoms with Crippen molar-refractivity contribution in [1.29, 1.82) is 0 Å². The second-order valence-corrected chi connectivity index (χ2v) is 8.36. The first-order chi connectivity index (χ1) is 16.5. The molecule has 0 aliphatic heterocycles. The summed E-state index contributed by atoms with van der Waals surface area (Å²) >= 11 is 0. The largest absolute Gasteiger partial charge is 0.394 e. The van der Waals surface area contributed by atoms with E-state index in [4.69, 9.17) is 0 Å². The van der Waals surface area contributed by atoms with Gasteiger partial charge in [-0.05, 0) is 49.2 Å². The molecular formula is C24H25F2N5O3. The van der Waals surface area contributed by atoms with Crippen molar-refractivity contribution in [2.24, 2.45) is 0 Å². The lowest BCUT2D eigenvalue weighted by molar-refractivity contribution is -0.108. The third-order valence-corrected chi connectivity index (χ3v) is 6.13. The SMILES string of the molecule is O=CN(c1cccc(-c2ccc(NCC3(c4ncccc4F)CC(F)C3)nn2)c1)C(CO)CO. The molecule has 8 nitrogen and oxygen atoms in total. The number of aliphatic hydroxyl groups is 2. The molecule has 2 heterocycles. The zero-order valence-electron chi connectivity index (χ0n) is 18.3. The molecule has 0 saturated heterocycles. The minimum atomic E-state index is -0.994. The van der Waals surface area contributed by atoms with Gasteiger partial charge in [-0.15, -0.1) is 10.2 Å². The van der Waals surface area contributed by atoms with Gasteiger partial charge < -0.3 is 20.4 Å². The summed E-state index contributed by atoms with van der Waals surface area (Å²) in [5, 5.41) is 30.3. The predicted molar refractivity (Wildman–Crippen MR) is 122 cm³/mol. The van der Waals surface area contributed by atoms with Gasteiger partial charge in [-0.1, -0.05) is 12.1 Å². The van der Waals surface area contributed by atoms with Gasteiger partial charge in [0.1, 0.15) is 17.8 Å². The Morgan fingerprint density at radius 2 is 1.94 bits per heavy atom. The van der Waals surface area contributed by atoms with Crippen molar-refractivity contribution in [3.63, 3.8) is 0 Å². The van der Waals surface area contributed by atoms with E-state index in [9.17, 15) is 23.8 Å². The minimum absolute atomic E-state index is 0.183. The third kappa shape index (κ3) is 4.73. The predicted octanol–water partition coefficient (Wildman–Crippen LogP) is 2.48. The second-order valence-electron chi connectivity index (χ2n) is 8.36. The smallest absolute Gasteiger partial charge is 0.214 e. The zero-order chi connectivity index (χ0) is 24.1. The number of hydrogen-bond acceptors (Lipinski definition) is 7. The molecule has 3 aromatic rings. The average molecular weight is 469 g/mol. The van der Waals surface area contributed by atoms with Crippen molar-refractivity contribution in [1.82, 2.24) is 15.2 Å². The molecule has 178 valence electrons. The van der Waals surface area contributed by atoms with Crippen molar-refractivity contribution in [2.75, 3.05) is 30.0 Å². The highest BCUT2D eigenvalue weighted by molar-refractivity contribution is 5.79. The topological polar surface area (TPSA) is 111 Å². The Kier molecular flexibility index (Phi) is 7.09. The number of alkyl halides is 1. The van der Waals surface area contributed by atoms with Gasteiger partial charge in [-0.3, -0.25) is 9.78 Å². The first kappa shape index (κ1) is 23.7. The molecule has 0 unspecified atom stereocenters. The Balaban J connectivity index is 1.49. The fourth-order valence-corrected chi connectivity index (χ4v) is 4.24. The first-order valence-corrected chi connectivity index (χ1v) is 10.9. The average Bonchev–Trinajstić information content (AvgIpc) is 2.85. The summed E-state index contributed by atoms with van der Waals surface area (Å²) in [5.41, 5.74) is 1.23. The van der Waals surface area contributed by atoms with Crippen molar-refractivity contribution in [3.8, 4) is 11.3 Å². The van der Waals surface area contributed by atoms with E-state index < -0.39 is 23.4 Å². The Labute approximate surface area is 195 Å². The molecule has 1 fully saturated rings. The van der Waals surface area contributed by atoms with Crippen LogP contribution in [0.5, 0.6) is 0 Å². The van der Waals surface area contributed by atoms with Crippen LogP contribution in [-0.4, -0.2) is 63.8 Å². The summed E-state index contributed by atoms with van der Waals surface area (Å²) in [6, 6.07) is 12.5. The maximum atomic E-state index is 14.3. The highest BCUT2D eigenvalue weighted by Crippen LogP contribution is 2.45. The van der Waals surface area contributed by atoms with E-state index in [0.29, 0.717) is 29.2 Å². The molecule has 34 heavy (non-hydrogen) atoms. The van der Waals surface area contributed by atoms with Gasteiger partial charge in [0, 0.05) is 29.4 Å². The van der Waals surface area contributed by atoms with Gasteiger partial charge >= 0.3 is 0 Å². The van der Waals surface area contributed by atoms with E-state index in [1.54, 1.807) is 36.4 Å². The van der Waals surface area contributed by atoms with Crippen LogP contribution in [0.3, 0.4) is 0 Å². The molecule has 3 N–H and O–H groups in total. The first-order valence-electron chi connectivity index (χ1n) is 10.9. The third-order valence-electron chi connectivity index (χ3n) is 6.13. The van der Waals surface area contributed by atoms with Crippen LogP contribution in [-0.2, 0) is 10.2 Å². The highest BCUT2D eigenvalue weighted by atomic mass is 19.1. The Morgan fingerprint density at radius 1 is 1.15 bits per heavy atom. The lowest BCUT2D eigenvalue weighted by Crippen LogP contribution is -2.49. The molecule has 0 radical (unpaired) electrons.